The fraction of sp³-hybridized carbons (Fsp3) is 0.448. The standard InChI is InChI=1S/C29H37NO5/c1-7-8-9-16-30-26(21-10-13-23(14-11-21)34-18(2)3)25(28(32)29(30)33)27(31)22-12-15-24(20(6)17-22)35-19(4)5/h10-15,17-19,26,31H,7-9,16H2,1-6H3/b27-25-. The number of unbranched alkanes of at least 4 members (excludes halogenated alkanes) is 2. The third-order valence-corrected chi connectivity index (χ3v) is 5.92. The van der Waals surface area contributed by atoms with Gasteiger partial charge in [-0.2, -0.15) is 0 Å². The predicted molar refractivity (Wildman–Crippen MR) is 138 cm³/mol. The summed E-state index contributed by atoms with van der Waals surface area (Å²) in [5.41, 5.74) is 2.19. The van der Waals surface area contributed by atoms with Gasteiger partial charge in [0.15, 0.2) is 0 Å². The molecule has 1 fully saturated rings. The van der Waals surface area contributed by atoms with Gasteiger partial charge in [0.2, 0.25) is 0 Å². The highest BCUT2D eigenvalue weighted by molar-refractivity contribution is 6.46. The lowest BCUT2D eigenvalue weighted by Gasteiger charge is -2.25. The van der Waals surface area contributed by atoms with E-state index in [1.165, 1.54) is 0 Å². The van der Waals surface area contributed by atoms with E-state index in [1.54, 1.807) is 23.1 Å². The first-order valence-electron chi connectivity index (χ1n) is 12.5. The van der Waals surface area contributed by atoms with Crippen molar-refractivity contribution >= 4 is 17.4 Å². The zero-order valence-electron chi connectivity index (χ0n) is 21.6. The van der Waals surface area contributed by atoms with Gasteiger partial charge in [0.1, 0.15) is 17.3 Å². The van der Waals surface area contributed by atoms with Crippen molar-refractivity contribution in [2.24, 2.45) is 0 Å². The summed E-state index contributed by atoms with van der Waals surface area (Å²) in [6.45, 7) is 12.2. The van der Waals surface area contributed by atoms with Crippen molar-refractivity contribution in [3.63, 3.8) is 0 Å². The van der Waals surface area contributed by atoms with Crippen molar-refractivity contribution in [2.45, 2.75) is 79.1 Å². The molecule has 6 nitrogen and oxygen atoms in total. The average Bonchev–Trinajstić information content (AvgIpc) is 3.05. The predicted octanol–water partition coefficient (Wildman–Crippen LogP) is 6.18. The van der Waals surface area contributed by atoms with E-state index in [4.69, 9.17) is 9.47 Å². The van der Waals surface area contributed by atoms with Crippen LogP contribution in [0.15, 0.2) is 48.0 Å². The number of aryl methyl sites for hydroxylation is 1. The quantitative estimate of drug-likeness (QED) is 0.191. The number of benzene rings is 2. The summed E-state index contributed by atoms with van der Waals surface area (Å²) in [7, 11) is 0. The van der Waals surface area contributed by atoms with Gasteiger partial charge in [-0.25, -0.2) is 0 Å². The van der Waals surface area contributed by atoms with Crippen molar-refractivity contribution < 1.29 is 24.2 Å². The first-order valence-corrected chi connectivity index (χ1v) is 12.5. The fourth-order valence-electron chi connectivity index (χ4n) is 4.33. The van der Waals surface area contributed by atoms with Crippen LogP contribution in [-0.2, 0) is 9.59 Å². The Balaban J connectivity index is 2.07. The van der Waals surface area contributed by atoms with E-state index in [2.05, 4.69) is 6.92 Å². The van der Waals surface area contributed by atoms with Gasteiger partial charge < -0.3 is 19.5 Å². The Morgan fingerprint density at radius 2 is 1.63 bits per heavy atom. The lowest BCUT2D eigenvalue weighted by atomic mass is 9.94. The maximum absolute atomic E-state index is 13.2. The van der Waals surface area contributed by atoms with Gasteiger partial charge >= 0.3 is 0 Å². The second kappa shape index (κ2) is 11.4. The number of carbonyl (C=O) groups excluding carboxylic acids is 2. The van der Waals surface area contributed by atoms with E-state index in [9.17, 15) is 14.7 Å². The molecule has 2 aromatic carbocycles. The Morgan fingerprint density at radius 1 is 0.971 bits per heavy atom. The molecule has 1 N–H and O–H groups in total. The number of aliphatic hydroxyl groups excluding tert-OH is 1. The molecule has 1 aliphatic rings. The number of aliphatic hydroxyl groups is 1. The smallest absolute Gasteiger partial charge is 0.295 e. The number of ether oxygens (including phenoxy) is 2. The van der Waals surface area contributed by atoms with Gasteiger partial charge in [-0.15, -0.1) is 0 Å². The number of likely N-dealkylation sites (tertiary alicyclic amines) is 1. The van der Waals surface area contributed by atoms with Crippen molar-refractivity contribution in [2.75, 3.05) is 6.54 Å². The minimum absolute atomic E-state index is 0.0178. The summed E-state index contributed by atoms with van der Waals surface area (Å²) in [4.78, 5) is 27.9. The van der Waals surface area contributed by atoms with Crippen LogP contribution in [0, 0.1) is 6.92 Å². The molecule has 1 aliphatic heterocycles. The van der Waals surface area contributed by atoms with Crippen LogP contribution in [-0.4, -0.2) is 40.4 Å². The monoisotopic (exact) mass is 479 g/mol. The molecule has 35 heavy (non-hydrogen) atoms. The van der Waals surface area contributed by atoms with Crippen LogP contribution in [0.3, 0.4) is 0 Å². The van der Waals surface area contributed by atoms with Gasteiger partial charge in [-0.05, 0) is 82.5 Å². The summed E-state index contributed by atoms with van der Waals surface area (Å²) in [5, 5.41) is 11.3. The van der Waals surface area contributed by atoms with E-state index in [-0.39, 0.29) is 23.5 Å². The second-order valence-corrected chi connectivity index (χ2v) is 9.58. The maximum Gasteiger partial charge on any atom is 0.295 e. The molecule has 0 saturated carbocycles. The fourth-order valence-corrected chi connectivity index (χ4v) is 4.33. The first-order chi connectivity index (χ1) is 16.6. The molecule has 0 radical (unpaired) electrons. The summed E-state index contributed by atoms with van der Waals surface area (Å²) in [6.07, 6.45) is 2.79. The van der Waals surface area contributed by atoms with E-state index in [1.807, 2.05) is 58.9 Å². The Hall–Kier alpha value is -3.28. The number of hydrogen-bond acceptors (Lipinski definition) is 5. The summed E-state index contributed by atoms with van der Waals surface area (Å²) < 4.78 is 11.6. The van der Waals surface area contributed by atoms with E-state index >= 15 is 0 Å². The van der Waals surface area contributed by atoms with Crippen LogP contribution in [0.25, 0.3) is 5.76 Å². The normalized spacial score (nSPS) is 17.5. The van der Waals surface area contributed by atoms with Crippen LogP contribution >= 0.6 is 0 Å². The molecule has 1 saturated heterocycles. The Bertz CT molecular complexity index is 1080. The van der Waals surface area contributed by atoms with Gasteiger partial charge in [-0.1, -0.05) is 31.9 Å². The average molecular weight is 480 g/mol. The molecule has 188 valence electrons. The lowest BCUT2D eigenvalue weighted by molar-refractivity contribution is -0.139. The molecular formula is C29H37NO5. The highest BCUT2D eigenvalue weighted by Crippen LogP contribution is 2.40. The summed E-state index contributed by atoms with van der Waals surface area (Å²) >= 11 is 0. The second-order valence-electron chi connectivity index (χ2n) is 9.58. The Kier molecular flexibility index (Phi) is 8.60. The summed E-state index contributed by atoms with van der Waals surface area (Å²) in [6, 6.07) is 12.0. The molecule has 0 aromatic heterocycles. The highest BCUT2D eigenvalue weighted by Gasteiger charge is 2.45. The molecule has 1 atom stereocenters. The number of nitrogens with zero attached hydrogens (tertiary/aromatic N) is 1. The highest BCUT2D eigenvalue weighted by atomic mass is 16.5. The third-order valence-electron chi connectivity index (χ3n) is 5.92. The van der Waals surface area contributed by atoms with Crippen LogP contribution in [0.1, 0.15) is 76.6 Å². The minimum atomic E-state index is -0.660. The number of Topliss-reactive ketones (excluding diaryl/α,β-unsaturated/α-hetero) is 1. The Labute approximate surface area is 208 Å². The lowest BCUT2D eigenvalue weighted by Crippen LogP contribution is -2.30. The zero-order valence-corrected chi connectivity index (χ0v) is 21.6. The minimum Gasteiger partial charge on any atom is -0.507 e. The molecule has 3 rings (SSSR count). The molecule has 1 amide bonds. The summed E-state index contributed by atoms with van der Waals surface area (Å²) in [5.74, 6) is 0.0169. The molecule has 0 spiro atoms. The van der Waals surface area contributed by atoms with E-state index in [0.717, 1.165) is 30.4 Å². The molecule has 2 aromatic rings. The molecule has 0 bridgehead atoms. The van der Waals surface area contributed by atoms with Gasteiger partial charge in [0.25, 0.3) is 11.7 Å². The SMILES string of the molecule is CCCCCN1C(=O)C(=O)/C(=C(\O)c2ccc(OC(C)C)c(C)c2)C1c1ccc(OC(C)C)cc1. The number of carbonyl (C=O) groups is 2. The number of ketones is 1. The Morgan fingerprint density at radius 3 is 2.20 bits per heavy atom. The number of rotatable bonds is 10. The van der Waals surface area contributed by atoms with Gasteiger partial charge in [0.05, 0.1) is 23.8 Å². The van der Waals surface area contributed by atoms with Crippen molar-refractivity contribution in [3.8, 4) is 11.5 Å². The van der Waals surface area contributed by atoms with Crippen LogP contribution < -0.4 is 9.47 Å². The number of amides is 1. The largest absolute Gasteiger partial charge is 0.507 e. The van der Waals surface area contributed by atoms with Crippen LogP contribution in [0.4, 0.5) is 0 Å². The first kappa shape index (κ1) is 26.3. The van der Waals surface area contributed by atoms with Crippen LogP contribution in [0.5, 0.6) is 11.5 Å². The molecule has 1 heterocycles. The topological polar surface area (TPSA) is 76.1 Å². The number of hydrogen-bond donors (Lipinski definition) is 1. The molecule has 1 unspecified atom stereocenters. The van der Waals surface area contributed by atoms with E-state index < -0.39 is 17.7 Å². The third kappa shape index (κ3) is 6.05. The van der Waals surface area contributed by atoms with Crippen molar-refractivity contribution in [1.29, 1.82) is 0 Å². The molecule has 0 aliphatic carbocycles. The molecular weight excluding hydrogens is 442 g/mol. The van der Waals surface area contributed by atoms with Crippen molar-refractivity contribution in [1.82, 2.24) is 4.90 Å². The van der Waals surface area contributed by atoms with Crippen molar-refractivity contribution in [3.05, 3.63) is 64.7 Å². The molecule has 6 heteroatoms. The maximum atomic E-state index is 13.2. The van der Waals surface area contributed by atoms with E-state index in [0.29, 0.717) is 23.6 Å². The van der Waals surface area contributed by atoms with Gasteiger partial charge in [0, 0.05) is 12.1 Å². The van der Waals surface area contributed by atoms with Crippen LogP contribution in [0.2, 0.25) is 0 Å². The van der Waals surface area contributed by atoms with Gasteiger partial charge in [-0.3, -0.25) is 9.59 Å². The zero-order chi connectivity index (χ0) is 25.7.